The molecule has 0 spiro atoms. The maximum atomic E-state index is 12.4. The third-order valence-electron chi connectivity index (χ3n) is 4.73. The van der Waals surface area contributed by atoms with Gasteiger partial charge in [-0.2, -0.15) is 5.26 Å². The Bertz CT molecular complexity index is 1330. The molecule has 6 heteroatoms. The summed E-state index contributed by atoms with van der Waals surface area (Å²) in [6.07, 6.45) is 3.88. The van der Waals surface area contributed by atoms with Gasteiger partial charge in [-0.3, -0.25) is 0 Å². The van der Waals surface area contributed by atoms with E-state index < -0.39 is 5.63 Å². The van der Waals surface area contributed by atoms with Gasteiger partial charge >= 0.3 is 5.63 Å². The van der Waals surface area contributed by atoms with Gasteiger partial charge < -0.3 is 9.15 Å². The number of ether oxygens (including phenoxy) is 1. The number of nitrogens with zero attached hydrogens (tertiary/aromatic N) is 2. The van der Waals surface area contributed by atoms with Crippen LogP contribution in [0.5, 0.6) is 5.75 Å². The van der Waals surface area contributed by atoms with Gasteiger partial charge in [-0.05, 0) is 42.3 Å². The quantitative estimate of drug-likeness (QED) is 0.200. The Morgan fingerprint density at radius 2 is 2.03 bits per heavy atom. The minimum Gasteiger partial charge on any atom is -0.494 e. The van der Waals surface area contributed by atoms with Crippen LogP contribution in [0.3, 0.4) is 0 Å². The standard InChI is InChI=1S/C25H20N2O3S/c1-2-3-12-29-20-10-8-17(9-11-20)13-19(15-26)24-27-22(16-31-24)21-14-18-6-4-5-7-23(18)30-25(21)28/h4-11,13-14,16H,2-3,12H2,1H3/b19-13+. The second-order valence-electron chi connectivity index (χ2n) is 6.96. The van der Waals surface area contributed by atoms with Crippen molar-refractivity contribution in [3.05, 3.63) is 81.0 Å². The zero-order valence-corrected chi connectivity index (χ0v) is 17.8. The van der Waals surface area contributed by atoms with Gasteiger partial charge in [-0.15, -0.1) is 11.3 Å². The van der Waals surface area contributed by atoms with E-state index in [2.05, 4.69) is 18.0 Å². The molecule has 2 aromatic heterocycles. The predicted octanol–water partition coefficient (Wildman–Crippen LogP) is 6.16. The van der Waals surface area contributed by atoms with Crippen molar-refractivity contribution in [1.29, 1.82) is 5.26 Å². The summed E-state index contributed by atoms with van der Waals surface area (Å²) in [6, 6.07) is 18.9. The van der Waals surface area contributed by atoms with Crippen LogP contribution in [0.4, 0.5) is 0 Å². The van der Waals surface area contributed by atoms with Crippen LogP contribution < -0.4 is 10.4 Å². The van der Waals surface area contributed by atoms with Gasteiger partial charge in [-0.25, -0.2) is 9.78 Å². The first-order chi connectivity index (χ1) is 15.2. The number of nitriles is 1. The molecule has 0 bridgehead atoms. The smallest absolute Gasteiger partial charge is 0.345 e. The fraction of sp³-hybridized carbons (Fsp3) is 0.160. The summed E-state index contributed by atoms with van der Waals surface area (Å²) in [7, 11) is 0. The topological polar surface area (TPSA) is 76.1 Å². The first-order valence-electron chi connectivity index (χ1n) is 10.0. The zero-order valence-electron chi connectivity index (χ0n) is 17.0. The molecular formula is C25H20N2O3S. The molecule has 2 heterocycles. The lowest BCUT2D eigenvalue weighted by atomic mass is 10.1. The van der Waals surface area contributed by atoms with Crippen molar-refractivity contribution in [1.82, 2.24) is 4.98 Å². The number of fused-ring (bicyclic) bond motifs is 1. The molecule has 4 aromatic rings. The molecule has 154 valence electrons. The van der Waals surface area contributed by atoms with Crippen LogP contribution >= 0.6 is 11.3 Å². The Morgan fingerprint density at radius 3 is 2.81 bits per heavy atom. The number of benzene rings is 2. The molecule has 0 unspecified atom stereocenters. The molecule has 31 heavy (non-hydrogen) atoms. The summed E-state index contributed by atoms with van der Waals surface area (Å²) in [5, 5.41) is 12.8. The molecule has 5 nitrogen and oxygen atoms in total. The minimum atomic E-state index is -0.448. The number of rotatable bonds is 7. The van der Waals surface area contributed by atoms with Crippen molar-refractivity contribution < 1.29 is 9.15 Å². The Balaban J connectivity index is 1.59. The van der Waals surface area contributed by atoms with Gasteiger partial charge in [0, 0.05) is 10.8 Å². The highest BCUT2D eigenvalue weighted by atomic mass is 32.1. The average Bonchev–Trinajstić information content (AvgIpc) is 3.28. The fourth-order valence-electron chi connectivity index (χ4n) is 3.06. The van der Waals surface area contributed by atoms with Gasteiger partial charge in [0.15, 0.2) is 0 Å². The first-order valence-corrected chi connectivity index (χ1v) is 10.9. The van der Waals surface area contributed by atoms with Crippen LogP contribution in [-0.2, 0) is 0 Å². The molecule has 0 amide bonds. The number of hydrogen-bond acceptors (Lipinski definition) is 6. The second kappa shape index (κ2) is 9.41. The first kappa shape index (κ1) is 20.6. The molecule has 4 rings (SSSR count). The molecule has 0 N–H and O–H groups in total. The monoisotopic (exact) mass is 428 g/mol. The van der Waals surface area contributed by atoms with E-state index in [0.29, 0.717) is 34.0 Å². The van der Waals surface area contributed by atoms with E-state index in [1.54, 1.807) is 23.6 Å². The van der Waals surface area contributed by atoms with Crippen LogP contribution in [0, 0.1) is 11.3 Å². The Kier molecular flexibility index (Phi) is 6.25. The van der Waals surface area contributed by atoms with Crippen LogP contribution in [0.15, 0.2) is 69.2 Å². The number of aromatic nitrogens is 1. The van der Waals surface area contributed by atoms with Crippen molar-refractivity contribution in [2.75, 3.05) is 6.61 Å². The lowest BCUT2D eigenvalue weighted by Gasteiger charge is -2.05. The maximum absolute atomic E-state index is 12.4. The average molecular weight is 429 g/mol. The Morgan fingerprint density at radius 1 is 1.23 bits per heavy atom. The van der Waals surface area contributed by atoms with Gasteiger partial charge in [0.25, 0.3) is 0 Å². The number of hydrogen-bond donors (Lipinski definition) is 0. The van der Waals surface area contributed by atoms with Crippen LogP contribution in [0.2, 0.25) is 0 Å². The largest absolute Gasteiger partial charge is 0.494 e. The van der Waals surface area contributed by atoms with E-state index in [1.807, 2.05) is 42.5 Å². The lowest BCUT2D eigenvalue weighted by molar-refractivity contribution is 0.309. The third kappa shape index (κ3) is 4.73. The summed E-state index contributed by atoms with van der Waals surface area (Å²) >= 11 is 1.32. The molecule has 0 saturated heterocycles. The highest BCUT2D eigenvalue weighted by Crippen LogP contribution is 2.27. The molecule has 0 aliphatic carbocycles. The Labute approximate surface area is 183 Å². The van der Waals surface area contributed by atoms with Crippen molar-refractivity contribution in [3.8, 4) is 23.1 Å². The van der Waals surface area contributed by atoms with E-state index in [0.717, 1.165) is 29.5 Å². The summed E-state index contributed by atoms with van der Waals surface area (Å²) in [6.45, 7) is 2.82. The normalized spacial score (nSPS) is 11.4. The summed E-state index contributed by atoms with van der Waals surface area (Å²) in [5.74, 6) is 0.809. The third-order valence-corrected chi connectivity index (χ3v) is 5.61. The summed E-state index contributed by atoms with van der Waals surface area (Å²) < 4.78 is 11.1. The van der Waals surface area contributed by atoms with Gasteiger partial charge in [-0.1, -0.05) is 43.7 Å². The molecule has 0 aliphatic rings. The number of allylic oxidation sites excluding steroid dienone is 1. The SMILES string of the molecule is CCCCOc1ccc(/C=C(\C#N)c2nc(-c3cc4ccccc4oc3=O)cs2)cc1. The van der Waals surface area contributed by atoms with Crippen molar-refractivity contribution >= 4 is 34.0 Å². The number of unbranched alkanes of at least 4 members (excludes halogenated alkanes) is 1. The minimum absolute atomic E-state index is 0.382. The fourth-order valence-corrected chi connectivity index (χ4v) is 3.85. The van der Waals surface area contributed by atoms with E-state index in [1.165, 1.54) is 11.3 Å². The second-order valence-corrected chi connectivity index (χ2v) is 7.82. The Hall–Kier alpha value is -3.69. The molecule has 0 radical (unpaired) electrons. The molecule has 0 saturated carbocycles. The molecule has 0 aliphatic heterocycles. The molecule has 0 fully saturated rings. The zero-order chi connectivity index (χ0) is 21.6. The summed E-state index contributed by atoms with van der Waals surface area (Å²) in [4.78, 5) is 16.9. The number of para-hydroxylation sites is 1. The summed E-state index contributed by atoms with van der Waals surface area (Å²) in [5.41, 5.74) is 2.28. The van der Waals surface area contributed by atoms with E-state index in [4.69, 9.17) is 9.15 Å². The van der Waals surface area contributed by atoms with E-state index in [9.17, 15) is 10.1 Å². The van der Waals surface area contributed by atoms with Crippen LogP contribution in [0.1, 0.15) is 30.3 Å². The highest BCUT2D eigenvalue weighted by Gasteiger charge is 2.13. The van der Waals surface area contributed by atoms with Gasteiger partial charge in [0.1, 0.15) is 22.4 Å². The molecule has 0 atom stereocenters. The maximum Gasteiger partial charge on any atom is 0.345 e. The van der Waals surface area contributed by atoms with Crippen LogP contribution in [-0.4, -0.2) is 11.6 Å². The molecule has 2 aromatic carbocycles. The van der Waals surface area contributed by atoms with Crippen LogP contribution in [0.25, 0.3) is 33.9 Å². The van der Waals surface area contributed by atoms with Crippen molar-refractivity contribution in [2.24, 2.45) is 0 Å². The van der Waals surface area contributed by atoms with E-state index in [-0.39, 0.29) is 0 Å². The lowest BCUT2D eigenvalue weighted by Crippen LogP contribution is -2.02. The number of thiazole rings is 1. The predicted molar refractivity (Wildman–Crippen MR) is 124 cm³/mol. The van der Waals surface area contributed by atoms with Crippen molar-refractivity contribution in [2.45, 2.75) is 19.8 Å². The highest BCUT2D eigenvalue weighted by molar-refractivity contribution is 7.11. The van der Waals surface area contributed by atoms with E-state index >= 15 is 0 Å². The molecular weight excluding hydrogens is 408 g/mol. The van der Waals surface area contributed by atoms with Gasteiger partial charge in [0.2, 0.25) is 0 Å². The van der Waals surface area contributed by atoms with Crippen molar-refractivity contribution in [3.63, 3.8) is 0 Å². The van der Waals surface area contributed by atoms with Gasteiger partial charge in [0.05, 0.1) is 23.4 Å².